The first kappa shape index (κ1) is 39.9. The van der Waals surface area contributed by atoms with Crippen LogP contribution in [-0.2, 0) is 28.2 Å². The number of alkyl halides is 6. The van der Waals surface area contributed by atoms with Crippen LogP contribution in [0.1, 0.15) is 95.8 Å². The molecule has 1 fully saturated rings. The molecule has 0 bridgehead atoms. The van der Waals surface area contributed by atoms with E-state index in [1.165, 1.54) is 18.2 Å². The van der Waals surface area contributed by atoms with Crippen LogP contribution in [0, 0.1) is 0 Å². The van der Waals surface area contributed by atoms with E-state index in [0.29, 0.717) is 44.2 Å². The van der Waals surface area contributed by atoms with Crippen molar-refractivity contribution in [2.24, 2.45) is 4.99 Å². The molecule has 0 unspecified atom stereocenters. The van der Waals surface area contributed by atoms with E-state index in [1.807, 2.05) is 0 Å². The molecule has 1 aromatic heterocycles. The van der Waals surface area contributed by atoms with Crippen molar-refractivity contribution in [2.45, 2.75) is 103 Å². The Morgan fingerprint density at radius 1 is 0.923 bits per heavy atom. The number of ether oxygens (including phenoxy) is 3. The average Bonchev–Trinajstić information content (AvgIpc) is 3.68. The largest absolute Gasteiger partial charge is 0.493 e. The smallest absolute Gasteiger partial charge is 0.437 e. The molecule has 1 aliphatic heterocycles. The van der Waals surface area contributed by atoms with Gasteiger partial charge in [0.15, 0.2) is 0 Å². The van der Waals surface area contributed by atoms with Gasteiger partial charge >= 0.3 is 24.5 Å². The number of carbonyl (C=O) groups excluding carboxylic acids is 2. The Kier molecular flexibility index (Phi) is 12.2. The highest BCUT2D eigenvalue weighted by molar-refractivity contribution is 5.99. The van der Waals surface area contributed by atoms with Gasteiger partial charge in [-0.3, -0.25) is 5.32 Å². The molecule has 0 aliphatic carbocycles. The van der Waals surface area contributed by atoms with Gasteiger partial charge in [-0.05, 0) is 110 Å². The summed E-state index contributed by atoms with van der Waals surface area (Å²) in [5, 5.41) is 6.39. The predicted octanol–water partition coefficient (Wildman–Crippen LogP) is 9.13. The third-order valence-electron chi connectivity index (χ3n) is 7.40. The summed E-state index contributed by atoms with van der Waals surface area (Å²) in [6.07, 6.45) is -8.85. The first-order chi connectivity index (χ1) is 24.1. The summed E-state index contributed by atoms with van der Waals surface area (Å²) < 4.78 is 102. The normalized spacial score (nSPS) is 15.8. The number of likely N-dealkylation sites (tertiary alicyclic amines) is 1. The van der Waals surface area contributed by atoms with Gasteiger partial charge in [-0.15, -0.1) is 4.99 Å². The van der Waals surface area contributed by atoms with Gasteiger partial charge in [0.25, 0.3) is 0 Å². The Morgan fingerprint density at radius 2 is 1.60 bits per heavy atom. The minimum atomic E-state index is -4.79. The summed E-state index contributed by atoms with van der Waals surface area (Å²) in [5.74, 6) is -0.725. The van der Waals surface area contributed by atoms with Crippen molar-refractivity contribution < 1.29 is 54.7 Å². The van der Waals surface area contributed by atoms with Crippen molar-refractivity contribution in [2.75, 3.05) is 13.2 Å². The highest BCUT2D eigenvalue weighted by atomic mass is 19.4. The number of guanidine groups is 1. The molecule has 11 nitrogen and oxygen atoms in total. The lowest BCUT2D eigenvalue weighted by Gasteiger charge is -2.27. The van der Waals surface area contributed by atoms with Crippen LogP contribution in [0.5, 0.6) is 5.75 Å². The lowest BCUT2D eigenvalue weighted by molar-refractivity contribution is -0.139. The number of rotatable bonds is 8. The van der Waals surface area contributed by atoms with E-state index in [1.54, 1.807) is 46.4 Å². The van der Waals surface area contributed by atoms with Crippen molar-refractivity contribution in [3.05, 3.63) is 65.0 Å². The van der Waals surface area contributed by atoms with Gasteiger partial charge < -0.3 is 23.6 Å². The number of hydrogen-bond acceptors (Lipinski definition) is 8. The monoisotopic (exact) mass is 741 g/mol. The Balaban J connectivity index is 1.47. The number of carbonyl (C=O) groups is 2. The maximum atomic E-state index is 14.1. The van der Waals surface area contributed by atoms with E-state index in [9.17, 15) is 35.9 Å². The molecule has 0 spiro atoms. The molecular weight excluding hydrogens is 700 g/mol. The summed E-state index contributed by atoms with van der Waals surface area (Å²) in [4.78, 5) is 35.2. The Hall–Kier alpha value is -4.83. The number of hydrogen-bond donors (Lipinski definition) is 1. The molecule has 284 valence electrons. The van der Waals surface area contributed by atoms with Crippen LogP contribution in [0.25, 0.3) is 11.4 Å². The van der Waals surface area contributed by atoms with Crippen molar-refractivity contribution in [3.8, 4) is 17.1 Å². The fourth-order valence-corrected chi connectivity index (χ4v) is 5.19. The first-order valence-corrected chi connectivity index (χ1v) is 16.5. The van der Waals surface area contributed by atoms with Crippen molar-refractivity contribution in [1.29, 1.82) is 0 Å². The standard InChI is InChI=1S/C35H41F6N5O6/c1-32(2,3)50-30(47)43-29(44-31(48)51-33(4,5)6)46-18-9-11-25(46)28-42-27(45-52-28)22-14-17-26(24(20-22)35(39,40)41)49-19-8-7-10-21-12-15-23(16-13-21)34(36,37)38/h12-17,20,25H,7-11,18-19H2,1-6H3,(H,43,44,47,48)/t25-/m0/s1. The summed E-state index contributed by atoms with van der Waals surface area (Å²) >= 11 is 0. The lowest BCUT2D eigenvalue weighted by Crippen LogP contribution is -2.46. The summed E-state index contributed by atoms with van der Waals surface area (Å²) in [7, 11) is 0. The molecule has 1 aliphatic rings. The highest BCUT2D eigenvalue weighted by Crippen LogP contribution is 2.39. The van der Waals surface area contributed by atoms with E-state index in [-0.39, 0.29) is 29.8 Å². The molecule has 17 heteroatoms. The molecular formula is C35H41F6N5O6. The first-order valence-electron chi connectivity index (χ1n) is 16.5. The molecule has 1 saturated heterocycles. The fourth-order valence-electron chi connectivity index (χ4n) is 5.19. The van der Waals surface area contributed by atoms with E-state index in [2.05, 4.69) is 20.4 Å². The number of halogens is 6. The number of aryl methyl sites for hydroxylation is 1. The second-order valence-corrected chi connectivity index (χ2v) is 14.1. The van der Waals surface area contributed by atoms with Gasteiger partial charge in [-0.2, -0.15) is 31.3 Å². The van der Waals surface area contributed by atoms with Crippen LogP contribution in [0.3, 0.4) is 0 Å². The maximum absolute atomic E-state index is 14.1. The van der Waals surface area contributed by atoms with Gasteiger partial charge in [-0.1, -0.05) is 17.3 Å². The lowest BCUT2D eigenvalue weighted by atomic mass is 10.1. The number of aromatic nitrogens is 2. The highest BCUT2D eigenvalue weighted by Gasteiger charge is 2.37. The van der Waals surface area contributed by atoms with Gasteiger partial charge in [0.1, 0.15) is 23.0 Å². The molecule has 2 amide bonds. The van der Waals surface area contributed by atoms with Crippen LogP contribution < -0.4 is 10.1 Å². The summed E-state index contributed by atoms with van der Waals surface area (Å²) in [6.45, 7) is 10.2. The van der Waals surface area contributed by atoms with Gasteiger partial charge in [0.05, 0.1) is 17.7 Å². The zero-order valence-electron chi connectivity index (χ0n) is 29.6. The molecule has 4 rings (SSSR count). The number of unbranched alkanes of at least 4 members (excludes halogenated alkanes) is 1. The van der Waals surface area contributed by atoms with Crippen LogP contribution in [0.4, 0.5) is 35.9 Å². The van der Waals surface area contributed by atoms with E-state index in [4.69, 9.17) is 18.7 Å². The van der Waals surface area contributed by atoms with Crippen LogP contribution >= 0.6 is 0 Å². The Bertz CT molecular complexity index is 1730. The molecule has 1 atom stereocenters. The molecule has 0 saturated carbocycles. The second-order valence-electron chi connectivity index (χ2n) is 14.1. The number of amides is 2. The Morgan fingerprint density at radius 3 is 2.21 bits per heavy atom. The molecule has 0 radical (unpaired) electrons. The average molecular weight is 742 g/mol. The molecule has 2 aromatic carbocycles. The van der Waals surface area contributed by atoms with Crippen molar-refractivity contribution >= 4 is 18.1 Å². The zero-order chi connectivity index (χ0) is 38.5. The minimum Gasteiger partial charge on any atom is -0.493 e. The van der Waals surface area contributed by atoms with Crippen LogP contribution in [-0.4, -0.2) is 57.5 Å². The van der Waals surface area contributed by atoms with Crippen molar-refractivity contribution in [1.82, 2.24) is 20.4 Å². The predicted molar refractivity (Wildman–Crippen MR) is 176 cm³/mol. The Labute approximate surface area is 296 Å². The topological polar surface area (TPSA) is 128 Å². The molecule has 2 heterocycles. The number of aliphatic imine (C=N–C) groups is 1. The number of alkyl carbamates (subject to hydrolysis) is 1. The van der Waals surface area contributed by atoms with E-state index < -0.39 is 58.7 Å². The molecule has 52 heavy (non-hydrogen) atoms. The number of nitrogens with one attached hydrogen (secondary N) is 1. The molecule has 1 N–H and O–H groups in total. The maximum Gasteiger partial charge on any atom is 0.437 e. The fraction of sp³-hybridized carbons (Fsp3) is 0.514. The van der Waals surface area contributed by atoms with Crippen LogP contribution in [0.15, 0.2) is 52.0 Å². The molecule has 3 aromatic rings. The van der Waals surface area contributed by atoms with Gasteiger partial charge in [0.2, 0.25) is 17.7 Å². The SMILES string of the molecule is CC(C)(C)OC(=O)N=C(NC(=O)OC(C)(C)C)N1CCC[C@H]1c1nc(-c2ccc(OCCCCc3ccc(C(F)(F)F)cc3)c(C(F)(F)F)c2)no1. The van der Waals surface area contributed by atoms with E-state index in [0.717, 1.165) is 24.3 Å². The number of benzene rings is 2. The zero-order valence-corrected chi connectivity index (χ0v) is 29.6. The van der Waals surface area contributed by atoms with Crippen molar-refractivity contribution in [3.63, 3.8) is 0 Å². The van der Waals surface area contributed by atoms with Crippen LogP contribution in [0.2, 0.25) is 0 Å². The van der Waals surface area contributed by atoms with Gasteiger partial charge in [0, 0.05) is 12.1 Å². The van der Waals surface area contributed by atoms with Gasteiger partial charge in [-0.25, -0.2) is 9.59 Å². The summed E-state index contributed by atoms with van der Waals surface area (Å²) in [6, 6.07) is 7.37. The third kappa shape index (κ3) is 11.6. The van der Waals surface area contributed by atoms with E-state index >= 15 is 0 Å². The minimum absolute atomic E-state index is 0.00366. The second kappa shape index (κ2) is 15.8. The third-order valence-corrected chi connectivity index (χ3v) is 7.40. The quantitative estimate of drug-likeness (QED) is 0.104. The number of nitrogens with zero attached hydrogens (tertiary/aromatic N) is 4. The summed E-state index contributed by atoms with van der Waals surface area (Å²) in [5.41, 5.74) is -2.89.